The van der Waals surface area contributed by atoms with Gasteiger partial charge in [-0.3, -0.25) is 9.59 Å². The number of aromatic nitrogens is 2. The highest BCUT2D eigenvalue weighted by atomic mass is 32.2. The van der Waals surface area contributed by atoms with Crippen molar-refractivity contribution >= 4 is 28.6 Å². The Hall–Kier alpha value is -3.38. The smallest absolute Gasteiger partial charge is 0.258 e. The minimum atomic E-state index is -0.393. The first-order valence-electron chi connectivity index (χ1n) is 10.2. The topological polar surface area (TPSA) is 66.1 Å². The van der Waals surface area contributed by atoms with Crippen molar-refractivity contribution in [2.75, 3.05) is 6.54 Å². The number of hydrogen-bond acceptors (Lipinski definition) is 4. The van der Waals surface area contributed by atoms with Gasteiger partial charge in [0.1, 0.15) is 11.1 Å². The summed E-state index contributed by atoms with van der Waals surface area (Å²) in [6.45, 7) is 2.69. The molecule has 0 aliphatic carbocycles. The summed E-state index contributed by atoms with van der Waals surface area (Å²) in [5.41, 5.74) is 1.38. The molecule has 4 aromatic rings. The van der Waals surface area contributed by atoms with Crippen molar-refractivity contribution in [1.29, 1.82) is 0 Å². The number of nitrogens with one attached hydrogen (secondary N) is 1. The maximum absolute atomic E-state index is 13.6. The van der Waals surface area contributed by atoms with E-state index in [2.05, 4.69) is 9.97 Å². The number of carbonyl (C=O) groups excluding carboxylic acids is 1. The minimum absolute atomic E-state index is 0.0154. The predicted molar refractivity (Wildman–Crippen MR) is 125 cm³/mol. The second-order valence-electron chi connectivity index (χ2n) is 7.10. The van der Waals surface area contributed by atoms with E-state index in [-0.39, 0.29) is 18.0 Å². The van der Waals surface area contributed by atoms with Crippen LogP contribution in [0.25, 0.3) is 10.9 Å². The zero-order chi connectivity index (χ0) is 21.6. The molecular formula is C25H23N3O2S. The van der Waals surface area contributed by atoms with Crippen molar-refractivity contribution in [3.8, 4) is 0 Å². The molecule has 0 unspecified atom stereocenters. The lowest BCUT2D eigenvalue weighted by atomic mass is 10.1. The van der Waals surface area contributed by atoms with Crippen molar-refractivity contribution in [1.82, 2.24) is 14.9 Å². The Morgan fingerprint density at radius 1 is 0.968 bits per heavy atom. The first-order chi connectivity index (χ1) is 15.2. The van der Waals surface area contributed by atoms with Gasteiger partial charge in [-0.05, 0) is 36.8 Å². The fourth-order valence-electron chi connectivity index (χ4n) is 3.43. The second-order valence-corrected chi connectivity index (χ2v) is 8.28. The molecule has 0 aliphatic heterocycles. The number of benzene rings is 3. The van der Waals surface area contributed by atoms with E-state index < -0.39 is 5.25 Å². The van der Waals surface area contributed by atoms with Crippen LogP contribution in [0.5, 0.6) is 0 Å². The molecule has 5 nitrogen and oxygen atoms in total. The molecule has 0 saturated carbocycles. The third-order valence-electron chi connectivity index (χ3n) is 5.02. The molecule has 4 rings (SSSR count). The molecular weight excluding hydrogens is 406 g/mol. The Bertz CT molecular complexity index is 1230. The third-order valence-corrected chi connectivity index (χ3v) is 6.27. The molecule has 0 aliphatic rings. The Morgan fingerprint density at radius 3 is 2.32 bits per heavy atom. The molecule has 0 spiro atoms. The molecule has 0 radical (unpaired) electrons. The molecule has 0 bridgehead atoms. The lowest BCUT2D eigenvalue weighted by Crippen LogP contribution is -2.34. The van der Waals surface area contributed by atoms with Crippen LogP contribution in [0.1, 0.15) is 23.6 Å². The van der Waals surface area contributed by atoms with Crippen LogP contribution in [0.2, 0.25) is 0 Å². The molecule has 1 atom stereocenters. The summed E-state index contributed by atoms with van der Waals surface area (Å²) in [4.78, 5) is 36.2. The van der Waals surface area contributed by atoms with Gasteiger partial charge in [-0.2, -0.15) is 0 Å². The van der Waals surface area contributed by atoms with E-state index in [0.717, 1.165) is 10.5 Å². The SMILES string of the molecule is CCN(Cc1nc2ccccc2c(=O)[nH]1)C(=O)[C@@H](Sc1ccccc1)c1ccccc1. The van der Waals surface area contributed by atoms with Gasteiger partial charge in [-0.1, -0.05) is 60.7 Å². The van der Waals surface area contributed by atoms with Crippen molar-refractivity contribution in [3.63, 3.8) is 0 Å². The standard InChI is InChI=1S/C25H23N3O2S/c1-2-28(17-22-26-21-16-10-9-15-20(21)24(29)27-22)25(30)23(18-11-5-3-6-12-18)31-19-13-7-4-8-14-19/h3-16,23H,2,17H2,1H3,(H,26,27,29)/t23-/m0/s1. The van der Waals surface area contributed by atoms with Crippen LogP contribution in [0.15, 0.2) is 94.6 Å². The first kappa shape index (κ1) is 20.9. The highest BCUT2D eigenvalue weighted by Crippen LogP contribution is 2.36. The number of rotatable bonds is 7. The first-order valence-corrected chi connectivity index (χ1v) is 11.1. The second kappa shape index (κ2) is 9.62. The molecule has 0 fully saturated rings. The number of hydrogen-bond donors (Lipinski definition) is 1. The van der Waals surface area contributed by atoms with Crippen LogP contribution in [-0.2, 0) is 11.3 Å². The highest BCUT2D eigenvalue weighted by molar-refractivity contribution is 8.00. The van der Waals surface area contributed by atoms with Crippen LogP contribution >= 0.6 is 11.8 Å². The number of nitrogens with zero attached hydrogens (tertiary/aromatic N) is 2. The number of H-pyrrole nitrogens is 1. The van der Waals surface area contributed by atoms with Crippen LogP contribution in [0, 0.1) is 0 Å². The van der Waals surface area contributed by atoms with Crippen molar-refractivity contribution in [2.24, 2.45) is 0 Å². The normalized spacial score (nSPS) is 11.9. The fourth-order valence-corrected chi connectivity index (χ4v) is 4.56. The third kappa shape index (κ3) is 4.86. The maximum Gasteiger partial charge on any atom is 0.258 e. The Morgan fingerprint density at radius 2 is 1.61 bits per heavy atom. The number of fused-ring (bicyclic) bond motifs is 1. The van der Waals surface area contributed by atoms with Gasteiger partial charge in [0.05, 0.1) is 17.4 Å². The lowest BCUT2D eigenvalue weighted by Gasteiger charge is -2.26. The summed E-state index contributed by atoms with van der Waals surface area (Å²) in [5, 5.41) is 0.151. The molecule has 1 heterocycles. The average Bonchev–Trinajstić information content (AvgIpc) is 2.82. The summed E-state index contributed by atoms with van der Waals surface area (Å²) in [7, 11) is 0. The zero-order valence-corrected chi connectivity index (χ0v) is 18.0. The quantitative estimate of drug-likeness (QED) is 0.428. The maximum atomic E-state index is 13.6. The molecule has 0 saturated heterocycles. The Balaban J connectivity index is 1.64. The number of aromatic amines is 1. The average molecular weight is 430 g/mol. The largest absolute Gasteiger partial charge is 0.334 e. The lowest BCUT2D eigenvalue weighted by molar-refractivity contribution is -0.131. The minimum Gasteiger partial charge on any atom is -0.334 e. The van der Waals surface area contributed by atoms with E-state index in [1.807, 2.05) is 85.8 Å². The van der Waals surface area contributed by atoms with Crippen LogP contribution in [0.4, 0.5) is 0 Å². The van der Waals surface area contributed by atoms with E-state index in [4.69, 9.17) is 0 Å². The number of amides is 1. The van der Waals surface area contributed by atoms with Crippen LogP contribution < -0.4 is 5.56 Å². The van der Waals surface area contributed by atoms with Crippen molar-refractivity contribution in [3.05, 3.63) is 107 Å². The van der Waals surface area contributed by atoms with Crippen molar-refractivity contribution in [2.45, 2.75) is 23.6 Å². The van der Waals surface area contributed by atoms with E-state index in [1.54, 1.807) is 11.0 Å². The molecule has 156 valence electrons. The summed E-state index contributed by atoms with van der Waals surface area (Å²) in [5.74, 6) is 0.466. The predicted octanol–water partition coefficient (Wildman–Crippen LogP) is 4.81. The van der Waals surface area contributed by atoms with Gasteiger partial charge in [0.15, 0.2) is 0 Å². The van der Waals surface area contributed by atoms with Gasteiger partial charge < -0.3 is 9.88 Å². The van der Waals surface area contributed by atoms with Gasteiger partial charge in [0, 0.05) is 11.4 Å². The molecule has 6 heteroatoms. The van der Waals surface area contributed by atoms with Gasteiger partial charge in [-0.15, -0.1) is 11.8 Å². The molecule has 1 amide bonds. The van der Waals surface area contributed by atoms with E-state index in [9.17, 15) is 9.59 Å². The molecule has 1 aromatic heterocycles. The van der Waals surface area contributed by atoms with Crippen LogP contribution in [0.3, 0.4) is 0 Å². The Labute approximate surface area is 185 Å². The number of para-hydroxylation sites is 1. The molecule has 1 N–H and O–H groups in total. The summed E-state index contributed by atoms with van der Waals surface area (Å²) >= 11 is 1.53. The molecule has 31 heavy (non-hydrogen) atoms. The fraction of sp³-hybridized carbons (Fsp3) is 0.160. The molecule has 3 aromatic carbocycles. The van der Waals surface area contributed by atoms with E-state index in [0.29, 0.717) is 23.3 Å². The van der Waals surface area contributed by atoms with Gasteiger partial charge in [-0.25, -0.2) is 4.98 Å². The number of carbonyl (C=O) groups is 1. The van der Waals surface area contributed by atoms with Crippen molar-refractivity contribution < 1.29 is 4.79 Å². The summed E-state index contributed by atoms with van der Waals surface area (Å²) < 4.78 is 0. The number of thioether (sulfide) groups is 1. The monoisotopic (exact) mass is 429 g/mol. The van der Waals surface area contributed by atoms with Gasteiger partial charge in [0.25, 0.3) is 5.56 Å². The van der Waals surface area contributed by atoms with E-state index >= 15 is 0 Å². The zero-order valence-electron chi connectivity index (χ0n) is 17.2. The summed E-state index contributed by atoms with van der Waals surface area (Å²) in [6, 6.07) is 26.9. The van der Waals surface area contributed by atoms with E-state index in [1.165, 1.54) is 11.8 Å². The number of likely N-dealkylation sites (N-methyl/N-ethyl adjacent to an activating group) is 1. The van der Waals surface area contributed by atoms with Gasteiger partial charge in [0.2, 0.25) is 5.91 Å². The Kier molecular flexibility index (Phi) is 6.48. The van der Waals surface area contributed by atoms with Gasteiger partial charge >= 0.3 is 0 Å². The highest BCUT2D eigenvalue weighted by Gasteiger charge is 2.27. The summed E-state index contributed by atoms with van der Waals surface area (Å²) in [6.07, 6.45) is 0. The van der Waals surface area contributed by atoms with Crippen LogP contribution in [-0.4, -0.2) is 27.3 Å².